The molecule has 3 N–H and O–H groups in total. The number of carboxylic acid groups (broad SMARTS) is 1. The molecule has 1 aliphatic heterocycles. The second-order valence-corrected chi connectivity index (χ2v) is 7.32. The van der Waals surface area contributed by atoms with Gasteiger partial charge in [-0.15, -0.1) is 0 Å². The Morgan fingerprint density at radius 2 is 1.72 bits per heavy atom. The van der Waals surface area contributed by atoms with Gasteiger partial charge in [0.15, 0.2) is 11.8 Å². The van der Waals surface area contributed by atoms with Crippen molar-refractivity contribution in [2.24, 2.45) is 0 Å². The molecular formula is C23H24N3NaO5. The third-order valence-corrected chi connectivity index (χ3v) is 4.99. The summed E-state index contributed by atoms with van der Waals surface area (Å²) >= 11 is 0. The zero-order valence-electron chi connectivity index (χ0n) is 17.2. The molecule has 32 heavy (non-hydrogen) atoms. The van der Waals surface area contributed by atoms with Crippen LogP contribution in [0.5, 0.6) is 0 Å². The van der Waals surface area contributed by atoms with Gasteiger partial charge in [-0.3, -0.25) is 14.4 Å². The van der Waals surface area contributed by atoms with E-state index in [1.165, 1.54) is 18.1 Å². The van der Waals surface area contributed by atoms with Crippen LogP contribution >= 0.6 is 0 Å². The molecule has 0 radical (unpaired) electrons. The van der Waals surface area contributed by atoms with Crippen molar-refractivity contribution in [2.45, 2.75) is 25.4 Å². The minimum absolute atomic E-state index is 0. The van der Waals surface area contributed by atoms with Crippen LogP contribution in [0.2, 0.25) is 0 Å². The van der Waals surface area contributed by atoms with E-state index in [0.29, 0.717) is 11.1 Å². The van der Waals surface area contributed by atoms with E-state index in [1.54, 1.807) is 25.1 Å². The van der Waals surface area contributed by atoms with E-state index in [1.807, 2.05) is 36.4 Å². The van der Waals surface area contributed by atoms with E-state index in [0.717, 1.165) is 11.1 Å². The second kappa shape index (κ2) is 11.1. The van der Waals surface area contributed by atoms with Crippen LogP contribution in [-0.4, -0.2) is 76.3 Å². The summed E-state index contributed by atoms with van der Waals surface area (Å²) in [4.78, 5) is 49.8. The molecule has 162 valence electrons. The molecule has 0 spiro atoms. The molecule has 9 heteroatoms. The summed E-state index contributed by atoms with van der Waals surface area (Å²) in [6.07, 6.45) is 1.04. The Morgan fingerprint density at radius 3 is 2.38 bits per heavy atom. The molecule has 1 heterocycles. The Hall–Kier alpha value is -2.94. The van der Waals surface area contributed by atoms with Gasteiger partial charge in [-0.05, 0) is 29.7 Å². The summed E-state index contributed by atoms with van der Waals surface area (Å²) in [7, 11) is 1.49. The van der Waals surface area contributed by atoms with Crippen molar-refractivity contribution >= 4 is 53.2 Å². The van der Waals surface area contributed by atoms with Gasteiger partial charge in [0.05, 0.1) is 12.5 Å². The number of Topliss-reactive ketones (excluding diaryl/α,β-unsaturated/α-hetero) is 1. The standard InChI is InChI=1S/C23H23N3O5.Na.H/c1-14-13-26(2)22(30)20(21(14)29)25-23(31)24-18(12-19(27)28)17-10-6-9-16(11-17)15-7-4-3-5-8-15;;/h3-11,13,18,20H,12H2,1-2H3,(H,27,28)(H2,24,25,31);;/t18-,20?;;/m0../s1. The Bertz CT molecular complexity index is 1050. The third kappa shape index (κ3) is 6.06. The Morgan fingerprint density at radius 1 is 1.06 bits per heavy atom. The Kier molecular flexibility index (Phi) is 8.77. The molecule has 1 unspecified atom stereocenters. The van der Waals surface area contributed by atoms with Crippen molar-refractivity contribution in [1.82, 2.24) is 15.5 Å². The first-order chi connectivity index (χ1) is 14.8. The molecule has 0 aliphatic carbocycles. The summed E-state index contributed by atoms with van der Waals surface area (Å²) < 4.78 is 0. The number of nitrogens with zero attached hydrogens (tertiary/aromatic N) is 1. The van der Waals surface area contributed by atoms with Crippen molar-refractivity contribution < 1.29 is 24.3 Å². The van der Waals surface area contributed by atoms with Crippen LogP contribution in [0.4, 0.5) is 4.79 Å². The van der Waals surface area contributed by atoms with Gasteiger partial charge in [0.25, 0.3) is 5.91 Å². The second-order valence-electron chi connectivity index (χ2n) is 7.32. The van der Waals surface area contributed by atoms with Gasteiger partial charge in [0.2, 0.25) is 0 Å². The molecule has 0 saturated heterocycles. The predicted molar refractivity (Wildman–Crippen MR) is 121 cm³/mol. The molecule has 0 fully saturated rings. The average Bonchev–Trinajstić information content (AvgIpc) is 2.75. The molecule has 0 aromatic heterocycles. The molecule has 2 aromatic carbocycles. The van der Waals surface area contributed by atoms with E-state index >= 15 is 0 Å². The van der Waals surface area contributed by atoms with Crippen LogP contribution in [0.15, 0.2) is 66.4 Å². The van der Waals surface area contributed by atoms with Crippen molar-refractivity contribution in [2.75, 3.05) is 7.05 Å². The maximum absolute atomic E-state index is 12.6. The summed E-state index contributed by atoms with van der Waals surface area (Å²) in [5.41, 5.74) is 2.75. The molecule has 3 rings (SSSR count). The quantitative estimate of drug-likeness (QED) is 0.464. The molecule has 0 bridgehead atoms. The molecule has 3 amide bonds. The summed E-state index contributed by atoms with van der Waals surface area (Å²) in [5.74, 6) is -2.16. The van der Waals surface area contributed by atoms with E-state index in [2.05, 4.69) is 10.6 Å². The van der Waals surface area contributed by atoms with E-state index < -0.39 is 35.8 Å². The predicted octanol–water partition coefficient (Wildman–Crippen LogP) is 1.83. The van der Waals surface area contributed by atoms with Gasteiger partial charge < -0.3 is 20.6 Å². The van der Waals surface area contributed by atoms with Crippen molar-refractivity contribution in [3.05, 3.63) is 71.9 Å². The van der Waals surface area contributed by atoms with Gasteiger partial charge in [-0.1, -0.05) is 48.5 Å². The molecule has 2 aromatic rings. The maximum atomic E-state index is 12.6. The fourth-order valence-corrected chi connectivity index (χ4v) is 3.41. The number of ketones is 1. The van der Waals surface area contributed by atoms with Crippen molar-refractivity contribution in [3.63, 3.8) is 0 Å². The number of carbonyl (C=O) groups excluding carboxylic acids is 3. The number of benzene rings is 2. The van der Waals surface area contributed by atoms with E-state index in [-0.39, 0.29) is 36.0 Å². The summed E-state index contributed by atoms with van der Waals surface area (Å²) in [6, 6.07) is 13.7. The Labute approximate surface area is 208 Å². The first-order valence-electron chi connectivity index (χ1n) is 9.70. The number of hydrogen-bond donors (Lipinski definition) is 3. The number of rotatable bonds is 6. The first-order valence-corrected chi connectivity index (χ1v) is 9.70. The number of carbonyl (C=O) groups is 4. The van der Waals surface area contributed by atoms with Crippen LogP contribution in [0.1, 0.15) is 24.9 Å². The fourth-order valence-electron chi connectivity index (χ4n) is 3.41. The molecule has 2 atom stereocenters. The number of amides is 3. The van der Waals surface area contributed by atoms with Crippen LogP contribution < -0.4 is 10.6 Å². The fraction of sp³-hybridized carbons (Fsp3) is 0.217. The SMILES string of the molecule is CC1=CN(C)C(=O)C(NC(=O)N[C@@H](CC(=O)O)c2cccc(-c3ccccc3)c2)C1=O.[NaH]. The van der Waals surface area contributed by atoms with Crippen molar-refractivity contribution in [1.29, 1.82) is 0 Å². The van der Waals surface area contributed by atoms with Gasteiger partial charge in [-0.25, -0.2) is 4.79 Å². The van der Waals surface area contributed by atoms with Crippen LogP contribution in [0.3, 0.4) is 0 Å². The number of likely N-dealkylation sites (N-methyl/N-ethyl adjacent to an activating group) is 1. The van der Waals surface area contributed by atoms with Crippen molar-refractivity contribution in [3.8, 4) is 11.1 Å². The van der Waals surface area contributed by atoms with Gasteiger partial charge in [0.1, 0.15) is 0 Å². The average molecular weight is 445 g/mol. The molecule has 0 saturated carbocycles. The van der Waals surface area contributed by atoms with Gasteiger partial charge in [0, 0.05) is 18.8 Å². The third-order valence-electron chi connectivity index (χ3n) is 4.99. The molecule has 8 nitrogen and oxygen atoms in total. The molecular weight excluding hydrogens is 421 g/mol. The van der Waals surface area contributed by atoms with Crippen LogP contribution in [-0.2, 0) is 14.4 Å². The van der Waals surface area contributed by atoms with Gasteiger partial charge >= 0.3 is 41.6 Å². The number of aliphatic carboxylic acids is 1. The number of urea groups is 1. The zero-order valence-corrected chi connectivity index (χ0v) is 17.2. The van der Waals surface area contributed by atoms with Gasteiger partial charge in [-0.2, -0.15) is 0 Å². The molecule has 1 aliphatic rings. The minimum atomic E-state index is -1.35. The van der Waals surface area contributed by atoms with Crippen LogP contribution in [0.25, 0.3) is 11.1 Å². The normalized spacial score (nSPS) is 16.5. The summed E-state index contributed by atoms with van der Waals surface area (Å²) in [6.45, 7) is 1.56. The number of carboxylic acids is 1. The number of nitrogens with one attached hydrogen (secondary N) is 2. The first kappa shape index (κ1) is 25.3. The van der Waals surface area contributed by atoms with E-state index in [9.17, 15) is 24.3 Å². The monoisotopic (exact) mass is 445 g/mol. The topological polar surface area (TPSA) is 116 Å². The zero-order chi connectivity index (χ0) is 22.5. The Balaban J connectivity index is 0.00000363. The van der Waals surface area contributed by atoms with E-state index in [4.69, 9.17) is 0 Å². The summed E-state index contributed by atoms with van der Waals surface area (Å²) in [5, 5.41) is 14.3. The number of hydrogen-bond acceptors (Lipinski definition) is 4. The van der Waals surface area contributed by atoms with Crippen LogP contribution in [0, 0.1) is 0 Å².